The molecular weight excluding hydrogens is 498 g/mol. The van der Waals surface area contributed by atoms with Crippen LogP contribution in [0.15, 0.2) is 29.3 Å². The first kappa shape index (κ1) is 24.4. The molecular formula is C21H32FIN6O. The average Bonchev–Trinajstić information content (AvgIpc) is 3.03. The molecule has 3 rings (SSSR count). The third-order valence-corrected chi connectivity index (χ3v) is 5.20. The molecule has 0 bridgehead atoms. The van der Waals surface area contributed by atoms with Gasteiger partial charge >= 0.3 is 0 Å². The zero-order valence-corrected chi connectivity index (χ0v) is 20.2. The minimum Gasteiger partial charge on any atom is -0.489 e. The Labute approximate surface area is 194 Å². The Kier molecular flexibility index (Phi) is 9.80. The summed E-state index contributed by atoms with van der Waals surface area (Å²) in [5.41, 5.74) is 0. The second-order valence-corrected chi connectivity index (χ2v) is 7.63. The Morgan fingerprint density at radius 1 is 1.30 bits per heavy atom. The summed E-state index contributed by atoms with van der Waals surface area (Å²) in [5, 5.41) is 15.2. The highest BCUT2D eigenvalue weighted by atomic mass is 127. The van der Waals surface area contributed by atoms with E-state index in [1.807, 2.05) is 25.5 Å². The number of ether oxygens (including phenoxy) is 1. The molecule has 1 heterocycles. The van der Waals surface area contributed by atoms with E-state index in [1.54, 1.807) is 12.1 Å². The van der Waals surface area contributed by atoms with Crippen LogP contribution in [0.4, 0.5) is 4.39 Å². The number of aromatic nitrogens is 3. The van der Waals surface area contributed by atoms with Crippen molar-refractivity contribution < 1.29 is 9.13 Å². The van der Waals surface area contributed by atoms with E-state index in [0.717, 1.165) is 30.5 Å². The largest absolute Gasteiger partial charge is 0.489 e. The molecule has 1 aliphatic rings. The van der Waals surface area contributed by atoms with Crippen LogP contribution in [0.3, 0.4) is 0 Å². The summed E-state index contributed by atoms with van der Waals surface area (Å²) in [6, 6.07) is 6.62. The molecule has 30 heavy (non-hydrogen) atoms. The molecule has 1 aromatic heterocycles. The molecule has 0 aliphatic heterocycles. The first-order valence-electron chi connectivity index (χ1n) is 10.3. The molecule has 1 unspecified atom stereocenters. The van der Waals surface area contributed by atoms with Crippen molar-refractivity contribution in [2.45, 2.75) is 64.6 Å². The number of guanidine groups is 1. The Balaban J connectivity index is 0.00000320. The van der Waals surface area contributed by atoms with Crippen LogP contribution in [0.5, 0.6) is 5.75 Å². The molecule has 166 valence electrons. The minimum absolute atomic E-state index is 0. The standard InChI is InChI=1S/C21H31FN6O.HI/c1-15(29-19-11-7-8-17(22)12-19)13-23-21(25-18-9-5-4-6-10-18)24-14-20-27-26-16(2)28(20)3;/h7-8,11-12,15,18H,4-6,9-10,13-14H2,1-3H3,(H2,23,24,25);1H. The van der Waals surface area contributed by atoms with Gasteiger partial charge in [0.25, 0.3) is 0 Å². The molecule has 1 atom stereocenters. The summed E-state index contributed by atoms with van der Waals surface area (Å²) in [6.45, 7) is 4.86. The van der Waals surface area contributed by atoms with Crippen LogP contribution >= 0.6 is 24.0 Å². The van der Waals surface area contributed by atoms with E-state index in [-0.39, 0.29) is 35.9 Å². The van der Waals surface area contributed by atoms with Crippen LogP contribution in [0.1, 0.15) is 50.7 Å². The minimum atomic E-state index is -0.303. The number of hydrogen-bond donors (Lipinski definition) is 2. The van der Waals surface area contributed by atoms with Crippen molar-refractivity contribution in [1.82, 2.24) is 25.4 Å². The van der Waals surface area contributed by atoms with E-state index in [1.165, 1.54) is 31.4 Å². The Hall–Kier alpha value is -1.91. The molecule has 1 aromatic carbocycles. The normalized spacial score (nSPS) is 15.9. The maximum atomic E-state index is 13.4. The van der Waals surface area contributed by atoms with Crippen LogP contribution in [0.25, 0.3) is 0 Å². The lowest BCUT2D eigenvalue weighted by atomic mass is 9.96. The second-order valence-electron chi connectivity index (χ2n) is 7.63. The Bertz CT molecular complexity index is 822. The number of rotatable bonds is 7. The van der Waals surface area contributed by atoms with Crippen LogP contribution in [0.2, 0.25) is 0 Å². The van der Waals surface area contributed by atoms with E-state index in [9.17, 15) is 4.39 Å². The molecule has 1 fully saturated rings. The highest BCUT2D eigenvalue weighted by Crippen LogP contribution is 2.17. The first-order valence-corrected chi connectivity index (χ1v) is 10.3. The molecule has 7 nitrogen and oxygen atoms in total. The van der Waals surface area contributed by atoms with Gasteiger partial charge in [0.05, 0.1) is 6.54 Å². The third-order valence-electron chi connectivity index (χ3n) is 5.20. The third kappa shape index (κ3) is 7.41. The van der Waals surface area contributed by atoms with Gasteiger partial charge in [0.15, 0.2) is 11.8 Å². The van der Waals surface area contributed by atoms with E-state index in [0.29, 0.717) is 24.9 Å². The van der Waals surface area contributed by atoms with Crippen molar-refractivity contribution in [3.8, 4) is 5.75 Å². The lowest BCUT2D eigenvalue weighted by Gasteiger charge is -2.26. The Morgan fingerprint density at radius 2 is 2.07 bits per heavy atom. The molecule has 0 amide bonds. The fourth-order valence-corrected chi connectivity index (χ4v) is 3.39. The molecule has 9 heteroatoms. The zero-order valence-electron chi connectivity index (χ0n) is 17.9. The van der Waals surface area contributed by atoms with Crippen molar-refractivity contribution >= 4 is 29.9 Å². The summed E-state index contributed by atoms with van der Waals surface area (Å²) in [4.78, 5) is 4.71. The van der Waals surface area contributed by atoms with Gasteiger partial charge in [-0.3, -0.25) is 0 Å². The first-order chi connectivity index (χ1) is 14.0. The quantitative estimate of drug-likeness (QED) is 0.324. The fraction of sp³-hybridized carbons (Fsp3) is 0.571. The van der Waals surface area contributed by atoms with Crippen LogP contribution in [0, 0.1) is 12.7 Å². The van der Waals surface area contributed by atoms with Crippen molar-refractivity contribution in [2.24, 2.45) is 12.0 Å². The second kappa shape index (κ2) is 12.1. The summed E-state index contributed by atoms with van der Waals surface area (Å²) < 4.78 is 21.1. The predicted molar refractivity (Wildman–Crippen MR) is 127 cm³/mol. The molecule has 2 N–H and O–H groups in total. The van der Waals surface area contributed by atoms with E-state index >= 15 is 0 Å². The summed E-state index contributed by atoms with van der Waals surface area (Å²) in [5.74, 6) is 2.64. The number of aryl methyl sites for hydroxylation is 1. The van der Waals surface area contributed by atoms with Crippen LogP contribution < -0.4 is 15.4 Å². The number of hydrogen-bond acceptors (Lipinski definition) is 4. The number of halogens is 2. The average molecular weight is 530 g/mol. The van der Waals surface area contributed by atoms with Crippen LogP contribution in [-0.2, 0) is 13.6 Å². The van der Waals surface area contributed by atoms with Crippen molar-refractivity contribution in [1.29, 1.82) is 0 Å². The number of benzene rings is 1. The Morgan fingerprint density at radius 3 is 2.73 bits per heavy atom. The maximum Gasteiger partial charge on any atom is 0.192 e. The van der Waals surface area contributed by atoms with Gasteiger partial charge in [-0.05, 0) is 38.8 Å². The van der Waals surface area contributed by atoms with Crippen molar-refractivity contribution in [3.05, 3.63) is 41.7 Å². The molecule has 1 aliphatic carbocycles. The number of aliphatic imine (C=N–C) groups is 1. The fourth-order valence-electron chi connectivity index (χ4n) is 3.39. The highest BCUT2D eigenvalue weighted by molar-refractivity contribution is 14.0. The smallest absolute Gasteiger partial charge is 0.192 e. The lowest BCUT2D eigenvalue weighted by molar-refractivity contribution is 0.222. The van der Waals surface area contributed by atoms with Crippen LogP contribution in [-0.4, -0.2) is 39.4 Å². The van der Waals surface area contributed by atoms with Gasteiger partial charge in [-0.2, -0.15) is 0 Å². The van der Waals surface area contributed by atoms with Gasteiger partial charge in [-0.15, -0.1) is 34.2 Å². The summed E-state index contributed by atoms with van der Waals surface area (Å²) in [6.07, 6.45) is 5.94. The van der Waals surface area contributed by atoms with E-state index < -0.39 is 0 Å². The van der Waals surface area contributed by atoms with Crippen molar-refractivity contribution in [2.75, 3.05) is 6.54 Å². The molecule has 0 saturated heterocycles. The molecule has 0 spiro atoms. The number of nitrogens with zero attached hydrogens (tertiary/aromatic N) is 4. The van der Waals surface area contributed by atoms with Gasteiger partial charge in [-0.25, -0.2) is 9.38 Å². The predicted octanol–water partition coefficient (Wildman–Crippen LogP) is 3.72. The topological polar surface area (TPSA) is 76.4 Å². The van der Waals surface area contributed by atoms with Gasteiger partial charge in [0.2, 0.25) is 0 Å². The van der Waals surface area contributed by atoms with E-state index in [2.05, 4.69) is 20.8 Å². The van der Waals surface area contributed by atoms with Gasteiger partial charge in [0, 0.05) is 19.2 Å². The maximum absolute atomic E-state index is 13.4. The van der Waals surface area contributed by atoms with Crippen molar-refractivity contribution in [3.63, 3.8) is 0 Å². The van der Waals surface area contributed by atoms with E-state index in [4.69, 9.17) is 9.73 Å². The lowest BCUT2D eigenvalue weighted by Crippen LogP contribution is -2.46. The monoisotopic (exact) mass is 530 g/mol. The molecule has 2 aromatic rings. The number of nitrogens with one attached hydrogen (secondary N) is 2. The van der Waals surface area contributed by atoms with Gasteiger partial charge < -0.3 is 19.9 Å². The SMILES string of the molecule is Cc1nnc(CN=C(NCC(C)Oc2cccc(F)c2)NC2CCCCC2)n1C.I. The highest BCUT2D eigenvalue weighted by Gasteiger charge is 2.16. The zero-order chi connectivity index (χ0) is 20.6. The van der Waals surface area contributed by atoms with Gasteiger partial charge in [0.1, 0.15) is 30.0 Å². The molecule has 0 radical (unpaired) electrons. The summed E-state index contributed by atoms with van der Waals surface area (Å²) >= 11 is 0. The van der Waals surface area contributed by atoms with Gasteiger partial charge in [-0.1, -0.05) is 25.3 Å². The summed E-state index contributed by atoms with van der Waals surface area (Å²) in [7, 11) is 1.94. The molecule has 1 saturated carbocycles.